The molecule has 2 heteroatoms. The Bertz CT molecular complexity index is 370. The van der Waals surface area contributed by atoms with Gasteiger partial charge in [-0.2, -0.15) is 0 Å². The van der Waals surface area contributed by atoms with E-state index in [9.17, 15) is 4.79 Å². The Hall–Kier alpha value is -1.70. The third-order valence-electron chi connectivity index (χ3n) is 2.06. The molecule has 0 saturated carbocycles. The summed E-state index contributed by atoms with van der Waals surface area (Å²) in [5.74, 6) is -0.139. The van der Waals surface area contributed by atoms with Crippen LogP contribution in [-0.4, -0.2) is 12.5 Å². The summed E-state index contributed by atoms with van der Waals surface area (Å²) in [4.78, 5) is 14.9. The number of nitrogens with zero attached hydrogens (tertiary/aromatic N) is 1. The van der Waals surface area contributed by atoms with E-state index in [0.717, 1.165) is 17.6 Å². The van der Waals surface area contributed by atoms with E-state index in [1.54, 1.807) is 6.21 Å². The second-order valence-corrected chi connectivity index (χ2v) is 2.88. The topological polar surface area (TPSA) is 29.4 Å². The Balaban J connectivity index is 2.46. The molecule has 0 aromatic carbocycles. The molecular weight excluding hydrogens is 162 g/mol. The molecule has 64 valence electrons. The van der Waals surface area contributed by atoms with Crippen LogP contribution in [0.15, 0.2) is 52.7 Å². The molecule has 1 aliphatic carbocycles. The summed E-state index contributed by atoms with van der Waals surface area (Å²) in [5.41, 5.74) is 1.85. The number of aldehydes is 1. The van der Waals surface area contributed by atoms with Crippen molar-refractivity contribution in [2.45, 2.75) is 0 Å². The molecule has 0 radical (unpaired) electrons. The van der Waals surface area contributed by atoms with Gasteiger partial charge >= 0.3 is 0 Å². The van der Waals surface area contributed by atoms with Gasteiger partial charge in [-0.1, -0.05) is 24.3 Å². The maximum atomic E-state index is 10.7. The van der Waals surface area contributed by atoms with Gasteiger partial charge in [-0.3, -0.25) is 4.99 Å². The molecule has 0 aromatic rings. The summed E-state index contributed by atoms with van der Waals surface area (Å²) in [7, 11) is 0. The van der Waals surface area contributed by atoms with Gasteiger partial charge in [0.25, 0.3) is 0 Å². The molecule has 2 aliphatic rings. The summed E-state index contributed by atoms with van der Waals surface area (Å²) in [6.07, 6.45) is 14.0. The molecule has 0 saturated heterocycles. The quantitative estimate of drug-likeness (QED) is 0.553. The van der Waals surface area contributed by atoms with E-state index in [2.05, 4.69) is 4.99 Å². The highest BCUT2D eigenvalue weighted by Crippen LogP contribution is 2.25. The number of hydrogen-bond donors (Lipinski definition) is 0. The molecule has 1 unspecified atom stereocenters. The van der Waals surface area contributed by atoms with Gasteiger partial charge in [0, 0.05) is 6.21 Å². The number of aliphatic imine (C=N–C) groups is 1. The number of rotatable bonds is 1. The number of carbonyl (C=O) groups is 1. The van der Waals surface area contributed by atoms with Gasteiger partial charge < -0.3 is 4.79 Å². The molecule has 0 aromatic heterocycles. The van der Waals surface area contributed by atoms with Crippen molar-refractivity contribution >= 4 is 12.5 Å². The van der Waals surface area contributed by atoms with Crippen molar-refractivity contribution in [1.29, 1.82) is 0 Å². The first-order valence-electron chi connectivity index (χ1n) is 4.17. The van der Waals surface area contributed by atoms with Crippen LogP contribution in [-0.2, 0) is 4.79 Å². The number of hydrogen-bond acceptors (Lipinski definition) is 2. The third kappa shape index (κ3) is 1.43. The second-order valence-electron chi connectivity index (χ2n) is 2.88. The van der Waals surface area contributed by atoms with E-state index in [1.807, 2.05) is 36.5 Å². The van der Waals surface area contributed by atoms with Gasteiger partial charge in [0.15, 0.2) is 0 Å². The van der Waals surface area contributed by atoms with Crippen LogP contribution in [0.5, 0.6) is 0 Å². The molecule has 0 N–H and O–H groups in total. The van der Waals surface area contributed by atoms with Crippen molar-refractivity contribution in [3.8, 4) is 0 Å². The zero-order chi connectivity index (χ0) is 9.10. The average Bonchev–Trinajstić information content (AvgIpc) is 2.41. The fourth-order valence-corrected chi connectivity index (χ4v) is 1.40. The predicted molar refractivity (Wildman–Crippen MR) is 52.5 cm³/mol. The fourth-order valence-electron chi connectivity index (χ4n) is 1.40. The standard InChI is InChI=1S/C11H9NO/c13-8-9-4-3-6-11-10(9)5-1-2-7-12-11/h1-9H. The minimum absolute atomic E-state index is 0.139. The first-order chi connectivity index (χ1) is 6.42. The monoisotopic (exact) mass is 171 g/mol. The molecule has 1 heterocycles. The van der Waals surface area contributed by atoms with Crippen molar-refractivity contribution in [2.24, 2.45) is 10.9 Å². The molecule has 1 atom stereocenters. The third-order valence-corrected chi connectivity index (χ3v) is 2.06. The Kier molecular flexibility index (Phi) is 2.04. The Morgan fingerprint density at radius 1 is 1.23 bits per heavy atom. The predicted octanol–water partition coefficient (Wildman–Crippen LogP) is 1.82. The first-order valence-corrected chi connectivity index (χ1v) is 4.17. The number of allylic oxidation sites excluding steroid dienone is 7. The Morgan fingerprint density at radius 3 is 3.00 bits per heavy atom. The first kappa shape index (κ1) is 7.92. The van der Waals surface area contributed by atoms with Gasteiger partial charge in [0.2, 0.25) is 0 Å². The van der Waals surface area contributed by atoms with Crippen LogP contribution in [0.4, 0.5) is 0 Å². The molecule has 0 bridgehead atoms. The zero-order valence-electron chi connectivity index (χ0n) is 7.05. The van der Waals surface area contributed by atoms with Crippen molar-refractivity contribution in [3.63, 3.8) is 0 Å². The fraction of sp³-hybridized carbons (Fsp3) is 0.0909. The second kappa shape index (κ2) is 3.35. The van der Waals surface area contributed by atoms with Gasteiger partial charge in [0.1, 0.15) is 6.29 Å². The van der Waals surface area contributed by atoms with Crippen molar-refractivity contribution in [2.75, 3.05) is 0 Å². The van der Waals surface area contributed by atoms with E-state index in [1.165, 1.54) is 0 Å². The summed E-state index contributed by atoms with van der Waals surface area (Å²) in [5, 5.41) is 0. The van der Waals surface area contributed by atoms with E-state index in [0.29, 0.717) is 0 Å². The molecule has 0 spiro atoms. The molecule has 2 nitrogen and oxygen atoms in total. The molecule has 0 fully saturated rings. The summed E-state index contributed by atoms with van der Waals surface area (Å²) < 4.78 is 0. The summed E-state index contributed by atoms with van der Waals surface area (Å²) in [6.45, 7) is 0. The average molecular weight is 171 g/mol. The molecule has 1 aliphatic heterocycles. The Labute approximate surface area is 76.7 Å². The van der Waals surface area contributed by atoms with Crippen LogP contribution in [0.3, 0.4) is 0 Å². The van der Waals surface area contributed by atoms with Gasteiger partial charge in [-0.05, 0) is 17.7 Å². The lowest BCUT2D eigenvalue weighted by Crippen LogP contribution is -2.06. The van der Waals surface area contributed by atoms with Gasteiger partial charge in [-0.15, -0.1) is 0 Å². The van der Waals surface area contributed by atoms with E-state index < -0.39 is 0 Å². The van der Waals surface area contributed by atoms with Gasteiger partial charge in [0.05, 0.1) is 11.6 Å². The highest BCUT2D eigenvalue weighted by molar-refractivity contribution is 5.77. The van der Waals surface area contributed by atoms with Crippen molar-refractivity contribution < 1.29 is 4.79 Å². The summed E-state index contributed by atoms with van der Waals surface area (Å²) in [6, 6.07) is 0. The number of carbonyl (C=O) groups excluding carboxylic acids is 1. The van der Waals surface area contributed by atoms with Crippen LogP contribution in [0, 0.1) is 5.92 Å². The lowest BCUT2D eigenvalue weighted by molar-refractivity contribution is -0.109. The van der Waals surface area contributed by atoms with Crippen LogP contribution in [0.1, 0.15) is 0 Å². The smallest absolute Gasteiger partial charge is 0.131 e. The largest absolute Gasteiger partial charge is 0.302 e. The van der Waals surface area contributed by atoms with E-state index >= 15 is 0 Å². The molecule has 13 heavy (non-hydrogen) atoms. The highest BCUT2D eigenvalue weighted by Gasteiger charge is 2.16. The highest BCUT2D eigenvalue weighted by atomic mass is 16.1. The number of fused-ring (bicyclic) bond motifs is 1. The normalized spacial score (nSPS) is 24.5. The summed E-state index contributed by atoms with van der Waals surface area (Å²) >= 11 is 0. The zero-order valence-corrected chi connectivity index (χ0v) is 7.05. The van der Waals surface area contributed by atoms with Gasteiger partial charge in [-0.25, -0.2) is 0 Å². The van der Waals surface area contributed by atoms with Crippen molar-refractivity contribution in [1.82, 2.24) is 0 Å². The Morgan fingerprint density at radius 2 is 2.15 bits per heavy atom. The van der Waals surface area contributed by atoms with Crippen molar-refractivity contribution in [3.05, 3.63) is 47.7 Å². The van der Waals surface area contributed by atoms with Crippen LogP contribution < -0.4 is 0 Å². The molecule has 2 rings (SSSR count). The van der Waals surface area contributed by atoms with E-state index in [-0.39, 0.29) is 5.92 Å². The van der Waals surface area contributed by atoms with Crippen LogP contribution >= 0.6 is 0 Å². The molecule has 0 amide bonds. The minimum Gasteiger partial charge on any atom is -0.302 e. The molecular formula is C11H9NO. The SMILES string of the molecule is O=CC1C=CC=C2N=CC=CC=C21. The van der Waals surface area contributed by atoms with E-state index in [4.69, 9.17) is 0 Å². The minimum atomic E-state index is -0.139. The van der Waals surface area contributed by atoms with Crippen LogP contribution in [0.25, 0.3) is 0 Å². The lowest BCUT2D eigenvalue weighted by Gasteiger charge is -2.13. The maximum absolute atomic E-state index is 10.7. The lowest BCUT2D eigenvalue weighted by atomic mass is 9.93. The van der Waals surface area contributed by atoms with Crippen LogP contribution in [0.2, 0.25) is 0 Å². The maximum Gasteiger partial charge on any atom is 0.131 e.